The molecule has 3 atom stereocenters. The zero-order valence-electron chi connectivity index (χ0n) is 23.0. The summed E-state index contributed by atoms with van der Waals surface area (Å²) in [6.07, 6.45) is -2.78. The van der Waals surface area contributed by atoms with Gasteiger partial charge >= 0.3 is 6.09 Å². The summed E-state index contributed by atoms with van der Waals surface area (Å²) in [5.41, 5.74) is 1.89. The molecule has 6 heteroatoms. The number of hydrogen-bond acceptors (Lipinski definition) is 5. The zero-order valence-corrected chi connectivity index (χ0v) is 23.8. The van der Waals surface area contributed by atoms with Crippen molar-refractivity contribution in [2.24, 2.45) is 5.92 Å². The van der Waals surface area contributed by atoms with Gasteiger partial charge in [-0.25, -0.2) is 4.79 Å². The first-order valence-electron chi connectivity index (χ1n) is 12.9. The number of benzene rings is 3. The van der Waals surface area contributed by atoms with E-state index < -0.39 is 18.3 Å². The summed E-state index contributed by atoms with van der Waals surface area (Å²) in [4.78, 5) is 26.5. The number of thioether (sulfide) groups is 1. The fourth-order valence-corrected chi connectivity index (χ4v) is 4.76. The summed E-state index contributed by atoms with van der Waals surface area (Å²) < 4.78 is 11.6. The van der Waals surface area contributed by atoms with Crippen LogP contribution in [0.25, 0.3) is 10.8 Å². The third kappa shape index (κ3) is 8.93. The number of alkyl carbamates (subject to hydrolysis) is 1. The van der Waals surface area contributed by atoms with Crippen LogP contribution in [0.15, 0.2) is 72.8 Å². The molecule has 0 saturated carbocycles. The highest BCUT2D eigenvalue weighted by Gasteiger charge is 2.34. The monoisotopic (exact) mass is 531 g/mol. The van der Waals surface area contributed by atoms with Crippen molar-refractivity contribution in [3.8, 4) is 11.8 Å². The molecule has 0 unspecified atom stereocenters. The first-order chi connectivity index (χ1) is 18.0. The molecule has 0 aliphatic carbocycles. The van der Waals surface area contributed by atoms with E-state index in [1.165, 1.54) is 0 Å². The van der Waals surface area contributed by atoms with Gasteiger partial charge in [-0.3, -0.25) is 4.79 Å². The lowest BCUT2D eigenvalue weighted by Crippen LogP contribution is -2.41. The van der Waals surface area contributed by atoms with E-state index >= 15 is 0 Å². The molecule has 0 aliphatic rings. The maximum Gasteiger partial charge on any atom is 0.408 e. The average molecular weight is 532 g/mol. The Balaban J connectivity index is 1.83. The number of nitrogens with one attached hydrogen (secondary N) is 1. The van der Waals surface area contributed by atoms with E-state index in [0.29, 0.717) is 0 Å². The Kier molecular flexibility index (Phi) is 10.4. The average Bonchev–Trinajstić information content (AvgIpc) is 2.86. The molecule has 1 amide bonds. The number of fused-ring (bicyclic) bond motifs is 1. The fourth-order valence-electron chi connectivity index (χ4n) is 3.85. The van der Waals surface area contributed by atoms with E-state index in [1.807, 2.05) is 114 Å². The fraction of sp³-hybridized carbons (Fsp3) is 0.375. The minimum absolute atomic E-state index is 0.0268. The molecule has 0 radical (unpaired) electrons. The number of ether oxygens (including phenoxy) is 2. The predicted octanol–water partition coefficient (Wildman–Crippen LogP) is 7.30. The van der Waals surface area contributed by atoms with E-state index in [2.05, 4.69) is 17.2 Å². The lowest BCUT2D eigenvalue weighted by atomic mass is 10.00. The standard InChI is InChI=1S/C32H37NO4S/c1-22(2)19-20-28(29(30(34)38-32(4,5)6)36-21-24-13-8-7-9-14-24)37-31(35)33-23(3)26-18-12-16-25-15-10-11-17-27(25)26/h7-18,22-23,28-29H,21H2,1-6H3,(H,33,35)/t23-,28+,29-/m1/s1. The molecule has 0 aliphatic heterocycles. The van der Waals surface area contributed by atoms with Gasteiger partial charge in [0.05, 0.1) is 12.6 Å². The van der Waals surface area contributed by atoms with Crippen molar-refractivity contribution in [2.75, 3.05) is 0 Å². The van der Waals surface area contributed by atoms with Crippen molar-refractivity contribution in [2.45, 2.75) is 71.1 Å². The van der Waals surface area contributed by atoms with E-state index in [-0.39, 0.29) is 28.4 Å². The Morgan fingerprint density at radius 3 is 2.24 bits per heavy atom. The second-order valence-corrected chi connectivity index (χ2v) is 12.3. The highest BCUT2D eigenvalue weighted by Crippen LogP contribution is 2.28. The first-order valence-corrected chi connectivity index (χ1v) is 13.7. The normalized spacial score (nSPS) is 13.8. The van der Waals surface area contributed by atoms with E-state index in [9.17, 15) is 9.59 Å². The van der Waals surface area contributed by atoms with Crippen molar-refractivity contribution >= 4 is 33.7 Å². The van der Waals surface area contributed by atoms with Crippen LogP contribution in [0.4, 0.5) is 4.79 Å². The summed E-state index contributed by atoms with van der Waals surface area (Å²) in [5.74, 6) is 6.09. The molecule has 1 N–H and O–H groups in total. The van der Waals surface area contributed by atoms with Crippen LogP contribution < -0.4 is 5.32 Å². The molecular formula is C32H37NO4S. The summed E-state index contributed by atoms with van der Waals surface area (Å²) in [5, 5.41) is 4.83. The Bertz CT molecular complexity index is 1280. The third-order valence-corrected chi connectivity index (χ3v) is 6.60. The number of carbonyl (C=O) groups excluding carboxylic acids is 2. The Morgan fingerprint density at radius 1 is 0.895 bits per heavy atom. The van der Waals surface area contributed by atoms with Crippen molar-refractivity contribution in [3.63, 3.8) is 0 Å². The predicted molar refractivity (Wildman–Crippen MR) is 156 cm³/mol. The molecule has 200 valence electrons. The molecule has 0 spiro atoms. The van der Waals surface area contributed by atoms with Gasteiger partial charge in [-0.2, -0.15) is 0 Å². The van der Waals surface area contributed by atoms with Crippen LogP contribution in [0, 0.1) is 17.8 Å². The van der Waals surface area contributed by atoms with E-state index in [1.54, 1.807) is 0 Å². The lowest BCUT2D eigenvalue weighted by Gasteiger charge is -2.26. The highest BCUT2D eigenvalue weighted by atomic mass is 32.2. The van der Waals surface area contributed by atoms with Gasteiger partial charge in [-0.05, 0) is 28.8 Å². The zero-order chi connectivity index (χ0) is 27.7. The summed E-state index contributed by atoms with van der Waals surface area (Å²) >= 11 is 1.16. The summed E-state index contributed by atoms with van der Waals surface area (Å²) in [6, 6.07) is 23.3. The van der Waals surface area contributed by atoms with Crippen molar-refractivity contribution in [1.29, 1.82) is 0 Å². The smallest absolute Gasteiger partial charge is 0.408 e. The maximum absolute atomic E-state index is 13.4. The van der Waals surface area contributed by atoms with Gasteiger partial charge in [0.25, 0.3) is 0 Å². The molecule has 3 aromatic carbocycles. The number of carbonyl (C=O) groups is 2. The second-order valence-electron chi connectivity index (χ2n) is 10.5. The Morgan fingerprint density at radius 2 is 1.55 bits per heavy atom. The topological polar surface area (TPSA) is 64.6 Å². The van der Waals surface area contributed by atoms with Gasteiger partial charge in [0.15, 0.2) is 12.2 Å². The van der Waals surface area contributed by atoms with Crippen LogP contribution in [0.3, 0.4) is 0 Å². The molecule has 0 bridgehead atoms. The minimum atomic E-state index is -1.07. The largest absolute Gasteiger partial charge is 0.430 e. The van der Waals surface area contributed by atoms with Crippen molar-refractivity contribution in [3.05, 3.63) is 83.9 Å². The SMILES string of the molecule is CC(C)C#C[C@H](OC(=O)N[C@H](C)c1cccc2ccccc12)[C@@H](OCc1ccccc1)C(=O)SC(C)(C)C. The number of amides is 1. The van der Waals surface area contributed by atoms with Gasteiger partial charge < -0.3 is 14.8 Å². The van der Waals surface area contributed by atoms with E-state index in [0.717, 1.165) is 33.7 Å². The Labute approximate surface area is 230 Å². The number of hydrogen-bond donors (Lipinski definition) is 1. The van der Waals surface area contributed by atoms with Crippen LogP contribution in [0.2, 0.25) is 0 Å². The van der Waals surface area contributed by atoms with Gasteiger partial charge in [0.2, 0.25) is 5.12 Å². The molecular weight excluding hydrogens is 494 g/mol. The van der Waals surface area contributed by atoms with Crippen LogP contribution in [0.1, 0.15) is 58.7 Å². The van der Waals surface area contributed by atoms with Gasteiger partial charge in [-0.1, -0.05) is 131 Å². The van der Waals surface area contributed by atoms with E-state index in [4.69, 9.17) is 9.47 Å². The van der Waals surface area contributed by atoms with Crippen LogP contribution in [-0.2, 0) is 20.9 Å². The van der Waals surface area contributed by atoms with Crippen LogP contribution in [-0.4, -0.2) is 28.2 Å². The molecule has 3 aromatic rings. The molecule has 0 saturated heterocycles. The molecule has 0 heterocycles. The minimum Gasteiger partial charge on any atom is -0.430 e. The molecule has 0 fully saturated rings. The number of rotatable bonds is 8. The van der Waals surface area contributed by atoms with Crippen molar-refractivity contribution < 1.29 is 19.1 Å². The van der Waals surface area contributed by atoms with Gasteiger partial charge in [0.1, 0.15) is 0 Å². The highest BCUT2D eigenvalue weighted by molar-refractivity contribution is 8.14. The molecule has 38 heavy (non-hydrogen) atoms. The molecule has 3 rings (SSSR count). The van der Waals surface area contributed by atoms with Gasteiger partial charge in [0, 0.05) is 10.7 Å². The van der Waals surface area contributed by atoms with Crippen LogP contribution >= 0.6 is 11.8 Å². The molecule has 5 nitrogen and oxygen atoms in total. The quantitative estimate of drug-likeness (QED) is 0.309. The van der Waals surface area contributed by atoms with Crippen molar-refractivity contribution in [1.82, 2.24) is 5.32 Å². The third-order valence-electron chi connectivity index (χ3n) is 5.56. The summed E-state index contributed by atoms with van der Waals surface area (Å²) in [7, 11) is 0. The maximum atomic E-state index is 13.4. The summed E-state index contributed by atoms with van der Waals surface area (Å²) in [6.45, 7) is 11.9. The van der Waals surface area contributed by atoms with Crippen LogP contribution in [0.5, 0.6) is 0 Å². The Hall–Kier alpha value is -3.27. The lowest BCUT2D eigenvalue weighted by molar-refractivity contribution is -0.127. The first kappa shape index (κ1) is 29.3. The second kappa shape index (κ2) is 13.5. The molecule has 0 aromatic heterocycles. The van der Waals surface area contributed by atoms with Gasteiger partial charge in [-0.15, -0.1) is 0 Å².